The summed E-state index contributed by atoms with van der Waals surface area (Å²) >= 11 is 0. The summed E-state index contributed by atoms with van der Waals surface area (Å²) < 4.78 is 27.7. The van der Waals surface area contributed by atoms with Gasteiger partial charge in [-0.2, -0.15) is 4.31 Å². The van der Waals surface area contributed by atoms with Gasteiger partial charge in [-0.1, -0.05) is 17.7 Å². The normalized spacial score (nSPS) is 19.8. The van der Waals surface area contributed by atoms with Gasteiger partial charge in [0.2, 0.25) is 10.0 Å². The maximum Gasteiger partial charge on any atom is 0.407 e. The fraction of sp³-hybridized carbons (Fsp3) is 0.600. The molecule has 172 valence electrons. The Balaban J connectivity index is 1.69. The number of sulfonamides is 1. The van der Waals surface area contributed by atoms with Crippen LogP contribution in [0.3, 0.4) is 0 Å². The van der Waals surface area contributed by atoms with Crippen LogP contribution in [-0.4, -0.2) is 85.0 Å². The standard InChI is InChI=1S/C20H30N4O6S/c1-15-3-4-17(16(2)13-15)22-9-11-24(12-10-22)31(29,30)14-20(18(25)21-28)5-7-23(8-6-20)19(26)27/h3-4,13,28H,5-12,14H2,1-2H3,(H,21,25)(H,26,27). The van der Waals surface area contributed by atoms with Crippen molar-refractivity contribution in [3.63, 3.8) is 0 Å². The van der Waals surface area contributed by atoms with E-state index in [-0.39, 0.29) is 25.9 Å². The van der Waals surface area contributed by atoms with Crippen molar-refractivity contribution < 1.29 is 28.3 Å². The fourth-order valence-corrected chi connectivity index (χ4v) is 6.51. The lowest BCUT2D eigenvalue weighted by molar-refractivity contribution is -0.141. The molecular weight excluding hydrogens is 424 g/mol. The van der Waals surface area contributed by atoms with Crippen LogP contribution in [0, 0.1) is 19.3 Å². The van der Waals surface area contributed by atoms with Crippen molar-refractivity contribution in [1.29, 1.82) is 0 Å². The Labute approximate surface area is 182 Å². The highest BCUT2D eigenvalue weighted by molar-refractivity contribution is 7.89. The van der Waals surface area contributed by atoms with Gasteiger partial charge in [-0.25, -0.2) is 18.7 Å². The van der Waals surface area contributed by atoms with E-state index < -0.39 is 33.2 Å². The molecule has 0 spiro atoms. The van der Waals surface area contributed by atoms with E-state index in [1.165, 1.54) is 9.87 Å². The number of carbonyl (C=O) groups excluding carboxylic acids is 1. The van der Waals surface area contributed by atoms with Gasteiger partial charge >= 0.3 is 6.09 Å². The number of hydrogen-bond acceptors (Lipinski definition) is 6. The number of aryl methyl sites for hydroxylation is 2. The number of anilines is 1. The number of likely N-dealkylation sites (tertiary alicyclic amines) is 1. The summed E-state index contributed by atoms with van der Waals surface area (Å²) in [5.41, 5.74) is 3.62. The van der Waals surface area contributed by atoms with Gasteiger partial charge in [-0.3, -0.25) is 10.0 Å². The monoisotopic (exact) mass is 454 g/mol. The van der Waals surface area contributed by atoms with Gasteiger partial charge in [-0.15, -0.1) is 0 Å². The third kappa shape index (κ3) is 4.94. The molecule has 0 aromatic heterocycles. The molecule has 0 atom stereocenters. The van der Waals surface area contributed by atoms with Crippen LogP contribution in [0.1, 0.15) is 24.0 Å². The Morgan fingerprint density at radius 3 is 2.19 bits per heavy atom. The highest BCUT2D eigenvalue weighted by Gasteiger charge is 2.47. The Hall–Kier alpha value is -2.37. The highest BCUT2D eigenvalue weighted by Crippen LogP contribution is 2.35. The fourth-order valence-electron chi connectivity index (χ4n) is 4.49. The number of nitrogens with one attached hydrogen (secondary N) is 1. The molecule has 2 heterocycles. The SMILES string of the molecule is Cc1ccc(N2CCN(S(=O)(=O)CC3(C(=O)NO)CCN(C(=O)O)CC3)CC2)c(C)c1. The predicted molar refractivity (Wildman–Crippen MR) is 115 cm³/mol. The maximum absolute atomic E-state index is 13.2. The molecule has 2 aliphatic rings. The van der Waals surface area contributed by atoms with Gasteiger partial charge in [0.15, 0.2) is 0 Å². The molecule has 2 fully saturated rings. The predicted octanol–water partition coefficient (Wildman–Crippen LogP) is 1.02. The van der Waals surface area contributed by atoms with Crippen molar-refractivity contribution >= 4 is 27.7 Å². The number of piperidine rings is 1. The van der Waals surface area contributed by atoms with Crippen molar-refractivity contribution in [1.82, 2.24) is 14.7 Å². The zero-order valence-electron chi connectivity index (χ0n) is 17.9. The molecule has 2 saturated heterocycles. The molecule has 2 aliphatic heterocycles. The molecule has 2 amide bonds. The lowest BCUT2D eigenvalue weighted by Crippen LogP contribution is -2.56. The molecule has 0 aliphatic carbocycles. The lowest BCUT2D eigenvalue weighted by Gasteiger charge is -2.41. The van der Waals surface area contributed by atoms with Crippen LogP contribution in [-0.2, 0) is 14.8 Å². The molecule has 1 aromatic rings. The average Bonchev–Trinajstić information content (AvgIpc) is 2.73. The Morgan fingerprint density at radius 2 is 1.68 bits per heavy atom. The van der Waals surface area contributed by atoms with Crippen LogP contribution >= 0.6 is 0 Å². The first-order valence-corrected chi connectivity index (χ1v) is 11.9. The summed E-state index contributed by atoms with van der Waals surface area (Å²) in [6.45, 7) is 5.82. The van der Waals surface area contributed by atoms with Crippen LogP contribution < -0.4 is 10.4 Å². The summed E-state index contributed by atoms with van der Waals surface area (Å²) in [7, 11) is -3.79. The van der Waals surface area contributed by atoms with Gasteiger partial charge in [0.25, 0.3) is 5.91 Å². The van der Waals surface area contributed by atoms with Crippen molar-refractivity contribution in [2.75, 3.05) is 49.9 Å². The smallest absolute Gasteiger partial charge is 0.407 e. The van der Waals surface area contributed by atoms with Gasteiger partial charge < -0.3 is 14.9 Å². The molecule has 0 radical (unpaired) electrons. The van der Waals surface area contributed by atoms with Gasteiger partial charge in [0.1, 0.15) is 0 Å². The molecule has 31 heavy (non-hydrogen) atoms. The number of amides is 2. The minimum atomic E-state index is -3.79. The number of hydroxylamine groups is 1. The molecule has 0 unspecified atom stereocenters. The van der Waals surface area contributed by atoms with Crippen LogP contribution in [0.25, 0.3) is 0 Å². The Bertz CT molecular complexity index is 935. The Kier molecular flexibility index (Phi) is 6.77. The van der Waals surface area contributed by atoms with E-state index in [0.717, 1.165) is 16.2 Å². The molecule has 3 rings (SSSR count). The first-order valence-electron chi connectivity index (χ1n) is 10.3. The van der Waals surface area contributed by atoms with Crippen molar-refractivity contribution in [3.8, 4) is 0 Å². The third-order valence-electron chi connectivity index (χ3n) is 6.36. The third-order valence-corrected chi connectivity index (χ3v) is 8.43. The van der Waals surface area contributed by atoms with E-state index in [0.29, 0.717) is 26.2 Å². The number of carboxylic acid groups (broad SMARTS) is 1. The van der Waals surface area contributed by atoms with Crippen LogP contribution in [0.5, 0.6) is 0 Å². The van der Waals surface area contributed by atoms with E-state index in [9.17, 15) is 23.2 Å². The number of carbonyl (C=O) groups is 2. The summed E-state index contributed by atoms with van der Waals surface area (Å²) in [6, 6.07) is 6.18. The summed E-state index contributed by atoms with van der Waals surface area (Å²) in [6.07, 6.45) is -1.04. The minimum absolute atomic E-state index is 0.0352. The quantitative estimate of drug-likeness (QED) is 0.447. The van der Waals surface area contributed by atoms with Gasteiger partial charge in [-0.05, 0) is 38.3 Å². The maximum atomic E-state index is 13.2. The van der Waals surface area contributed by atoms with E-state index >= 15 is 0 Å². The molecule has 10 nitrogen and oxygen atoms in total. The molecule has 0 bridgehead atoms. The van der Waals surface area contributed by atoms with E-state index in [1.54, 1.807) is 5.48 Å². The summed E-state index contributed by atoms with van der Waals surface area (Å²) in [5, 5.41) is 18.3. The first-order chi connectivity index (χ1) is 14.6. The second-order valence-corrected chi connectivity index (χ2v) is 10.4. The number of benzene rings is 1. The van der Waals surface area contributed by atoms with Gasteiger partial charge in [0, 0.05) is 45.0 Å². The van der Waals surface area contributed by atoms with E-state index in [1.807, 2.05) is 26.0 Å². The van der Waals surface area contributed by atoms with Crippen LogP contribution in [0.15, 0.2) is 18.2 Å². The van der Waals surface area contributed by atoms with E-state index in [2.05, 4.69) is 11.0 Å². The zero-order chi connectivity index (χ0) is 22.8. The summed E-state index contributed by atoms with van der Waals surface area (Å²) in [4.78, 5) is 26.9. The lowest BCUT2D eigenvalue weighted by atomic mass is 9.79. The number of rotatable bonds is 5. The van der Waals surface area contributed by atoms with Gasteiger partial charge in [0.05, 0.1) is 11.2 Å². The molecule has 1 aromatic carbocycles. The topological polar surface area (TPSA) is 130 Å². The summed E-state index contributed by atoms with van der Waals surface area (Å²) in [5.74, 6) is -1.24. The van der Waals surface area contributed by atoms with Crippen LogP contribution in [0.2, 0.25) is 0 Å². The molecule has 3 N–H and O–H groups in total. The molecular formula is C20H30N4O6S. The second kappa shape index (κ2) is 9.01. The molecule has 11 heteroatoms. The minimum Gasteiger partial charge on any atom is -0.465 e. The van der Waals surface area contributed by atoms with Crippen molar-refractivity contribution in [3.05, 3.63) is 29.3 Å². The second-order valence-electron chi connectivity index (χ2n) is 8.42. The van der Waals surface area contributed by atoms with Crippen molar-refractivity contribution in [2.24, 2.45) is 5.41 Å². The number of nitrogens with zero attached hydrogens (tertiary/aromatic N) is 3. The largest absolute Gasteiger partial charge is 0.465 e. The van der Waals surface area contributed by atoms with Crippen molar-refractivity contribution in [2.45, 2.75) is 26.7 Å². The highest BCUT2D eigenvalue weighted by atomic mass is 32.2. The number of piperazine rings is 1. The van der Waals surface area contributed by atoms with E-state index in [4.69, 9.17) is 5.11 Å². The zero-order valence-corrected chi connectivity index (χ0v) is 18.7. The molecule has 0 saturated carbocycles. The van der Waals surface area contributed by atoms with Crippen LogP contribution in [0.4, 0.5) is 10.5 Å². The average molecular weight is 455 g/mol. The first kappa shape index (κ1) is 23.3. The number of hydrogen-bond donors (Lipinski definition) is 3. The Morgan fingerprint density at radius 1 is 1.06 bits per heavy atom.